The Kier molecular flexibility index (Phi) is 3.90. The summed E-state index contributed by atoms with van der Waals surface area (Å²) in [7, 11) is 0. The molecule has 0 atom stereocenters. The number of rotatable bonds is 3. The normalized spacial score (nSPS) is 10.3. The molecule has 0 heterocycles. The Labute approximate surface area is 110 Å². The van der Waals surface area contributed by atoms with Crippen LogP contribution in [0.1, 0.15) is 17.3 Å². The standard InChI is InChI=1S/C15H13F2NO/c1-2-18(12-8-9-13(16)14(17)10-12)15(19)11-6-4-3-5-7-11/h3-10H,2H2,1H3. The molecule has 0 N–H and O–H groups in total. The van der Waals surface area contributed by atoms with Crippen LogP contribution in [-0.2, 0) is 0 Å². The minimum atomic E-state index is -0.961. The Balaban J connectivity index is 2.34. The van der Waals surface area contributed by atoms with Crippen LogP contribution in [0.4, 0.5) is 14.5 Å². The van der Waals surface area contributed by atoms with Gasteiger partial charge < -0.3 is 4.90 Å². The van der Waals surface area contributed by atoms with Crippen LogP contribution >= 0.6 is 0 Å². The Hall–Kier alpha value is -2.23. The Bertz CT molecular complexity index is 584. The number of anilines is 1. The zero-order valence-corrected chi connectivity index (χ0v) is 10.4. The second-order valence-electron chi connectivity index (χ2n) is 4.01. The lowest BCUT2D eigenvalue weighted by Gasteiger charge is -2.21. The maximum absolute atomic E-state index is 13.2. The monoisotopic (exact) mass is 261 g/mol. The predicted octanol–water partition coefficient (Wildman–Crippen LogP) is 3.63. The van der Waals surface area contributed by atoms with E-state index >= 15 is 0 Å². The molecule has 0 aromatic heterocycles. The molecular weight excluding hydrogens is 248 g/mol. The number of carbonyl (C=O) groups is 1. The van der Waals surface area contributed by atoms with Gasteiger partial charge in [-0.15, -0.1) is 0 Å². The van der Waals surface area contributed by atoms with E-state index in [0.717, 1.165) is 12.1 Å². The molecule has 0 aliphatic heterocycles. The quantitative estimate of drug-likeness (QED) is 0.826. The van der Waals surface area contributed by atoms with E-state index < -0.39 is 11.6 Å². The second-order valence-corrected chi connectivity index (χ2v) is 4.01. The molecule has 2 rings (SSSR count). The third kappa shape index (κ3) is 2.78. The third-order valence-corrected chi connectivity index (χ3v) is 2.80. The van der Waals surface area contributed by atoms with Crippen molar-refractivity contribution in [2.24, 2.45) is 0 Å². The average molecular weight is 261 g/mol. The van der Waals surface area contributed by atoms with Gasteiger partial charge in [-0.25, -0.2) is 8.78 Å². The van der Waals surface area contributed by atoms with Gasteiger partial charge in [0.05, 0.1) is 0 Å². The van der Waals surface area contributed by atoms with Gasteiger partial charge in [-0.3, -0.25) is 4.79 Å². The number of amides is 1. The van der Waals surface area contributed by atoms with Crippen molar-refractivity contribution in [2.75, 3.05) is 11.4 Å². The van der Waals surface area contributed by atoms with Gasteiger partial charge >= 0.3 is 0 Å². The molecule has 2 aromatic rings. The first kappa shape index (κ1) is 13.2. The lowest BCUT2D eigenvalue weighted by Crippen LogP contribution is -2.30. The van der Waals surface area contributed by atoms with Crippen molar-refractivity contribution in [2.45, 2.75) is 6.92 Å². The van der Waals surface area contributed by atoms with Crippen molar-refractivity contribution >= 4 is 11.6 Å². The van der Waals surface area contributed by atoms with Gasteiger partial charge in [0.15, 0.2) is 11.6 Å². The first-order valence-electron chi connectivity index (χ1n) is 5.95. The lowest BCUT2D eigenvalue weighted by molar-refractivity contribution is 0.0988. The number of halogens is 2. The highest BCUT2D eigenvalue weighted by Gasteiger charge is 2.17. The maximum Gasteiger partial charge on any atom is 0.258 e. The Morgan fingerprint density at radius 2 is 1.74 bits per heavy atom. The van der Waals surface area contributed by atoms with Crippen LogP contribution in [0.15, 0.2) is 48.5 Å². The summed E-state index contributed by atoms with van der Waals surface area (Å²) in [6.45, 7) is 2.15. The van der Waals surface area contributed by atoms with E-state index in [9.17, 15) is 13.6 Å². The average Bonchev–Trinajstić information content (AvgIpc) is 2.44. The highest BCUT2D eigenvalue weighted by Crippen LogP contribution is 2.20. The van der Waals surface area contributed by atoms with Gasteiger partial charge in [0.25, 0.3) is 5.91 Å². The number of benzene rings is 2. The molecule has 2 nitrogen and oxygen atoms in total. The first-order valence-corrected chi connectivity index (χ1v) is 5.95. The largest absolute Gasteiger partial charge is 0.309 e. The van der Waals surface area contributed by atoms with Gasteiger partial charge in [-0.2, -0.15) is 0 Å². The molecule has 0 aliphatic rings. The van der Waals surface area contributed by atoms with E-state index in [0.29, 0.717) is 17.8 Å². The van der Waals surface area contributed by atoms with Crippen LogP contribution in [0.5, 0.6) is 0 Å². The maximum atomic E-state index is 13.2. The number of carbonyl (C=O) groups excluding carboxylic acids is 1. The summed E-state index contributed by atoms with van der Waals surface area (Å²) in [6.07, 6.45) is 0. The van der Waals surface area contributed by atoms with Crippen LogP contribution < -0.4 is 4.90 Å². The van der Waals surface area contributed by atoms with Crippen LogP contribution in [0.2, 0.25) is 0 Å². The van der Waals surface area contributed by atoms with Crippen molar-refractivity contribution in [3.63, 3.8) is 0 Å². The molecule has 0 saturated carbocycles. The Morgan fingerprint density at radius 3 is 2.32 bits per heavy atom. The first-order chi connectivity index (χ1) is 9.13. The van der Waals surface area contributed by atoms with Crippen LogP contribution in [0, 0.1) is 11.6 Å². The minimum Gasteiger partial charge on any atom is -0.309 e. The van der Waals surface area contributed by atoms with Crippen molar-refractivity contribution in [1.29, 1.82) is 0 Å². The van der Waals surface area contributed by atoms with E-state index in [1.807, 2.05) is 6.07 Å². The molecule has 4 heteroatoms. The predicted molar refractivity (Wildman–Crippen MR) is 70.2 cm³/mol. The molecule has 2 aromatic carbocycles. The summed E-state index contributed by atoms with van der Waals surface area (Å²) in [5.74, 6) is -2.13. The highest BCUT2D eigenvalue weighted by molar-refractivity contribution is 6.06. The van der Waals surface area contributed by atoms with Crippen LogP contribution in [0.25, 0.3) is 0 Å². The number of hydrogen-bond acceptors (Lipinski definition) is 1. The van der Waals surface area contributed by atoms with Crippen molar-refractivity contribution < 1.29 is 13.6 Å². The van der Waals surface area contributed by atoms with Gasteiger partial charge in [0, 0.05) is 23.9 Å². The fourth-order valence-electron chi connectivity index (χ4n) is 1.83. The molecule has 0 aliphatic carbocycles. The number of nitrogens with zero attached hydrogens (tertiary/aromatic N) is 1. The van der Waals surface area contributed by atoms with Gasteiger partial charge in [0.2, 0.25) is 0 Å². The number of hydrogen-bond donors (Lipinski definition) is 0. The molecule has 0 saturated heterocycles. The molecule has 98 valence electrons. The highest BCUT2D eigenvalue weighted by atomic mass is 19.2. The van der Waals surface area contributed by atoms with E-state index in [1.165, 1.54) is 11.0 Å². The summed E-state index contributed by atoms with van der Waals surface area (Å²) in [5.41, 5.74) is 0.851. The molecule has 19 heavy (non-hydrogen) atoms. The third-order valence-electron chi connectivity index (χ3n) is 2.80. The van der Waals surface area contributed by atoms with Gasteiger partial charge in [-0.05, 0) is 31.2 Å². The van der Waals surface area contributed by atoms with E-state index in [4.69, 9.17) is 0 Å². The molecule has 0 bridgehead atoms. The Morgan fingerprint density at radius 1 is 1.05 bits per heavy atom. The molecule has 0 fully saturated rings. The van der Waals surface area contributed by atoms with Crippen molar-refractivity contribution in [3.8, 4) is 0 Å². The topological polar surface area (TPSA) is 20.3 Å². The zero-order chi connectivity index (χ0) is 13.8. The van der Waals surface area contributed by atoms with Crippen molar-refractivity contribution in [1.82, 2.24) is 0 Å². The van der Waals surface area contributed by atoms with Crippen LogP contribution in [-0.4, -0.2) is 12.5 Å². The summed E-state index contributed by atoms with van der Waals surface area (Å²) >= 11 is 0. The van der Waals surface area contributed by atoms with Gasteiger partial charge in [-0.1, -0.05) is 18.2 Å². The van der Waals surface area contributed by atoms with Crippen molar-refractivity contribution in [3.05, 3.63) is 65.7 Å². The van der Waals surface area contributed by atoms with E-state index in [2.05, 4.69) is 0 Å². The molecule has 0 unspecified atom stereocenters. The fourth-order valence-corrected chi connectivity index (χ4v) is 1.83. The summed E-state index contributed by atoms with van der Waals surface area (Å²) in [4.78, 5) is 13.7. The summed E-state index contributed by atoms with van der Waals surface area (Å²) in [5, 5.41) is 0. The van der Waals surface area contributed by atoms with E-state index in [-0.39, 0.29) is 5.91 Å². The smallest absolute Gasteiger partial charge is 0.258 e. The summed E-state index contributed by atoms with van der Waals surface area (Å²) in [6, 6.07) is 12.1. The zero-order valence-electron chi connectivity index (χ0n) is 10.4. The van der Waals surface area contributed by atoms with Gasteiger partial charge in [0.1, 0.15) is 0 Å². The minimum absolute atomic E-state index is 0.242. The molecule has 0 spiro atoms. The summed E-state index contributed by atoms with van der Waals surface area (Å²) < 4.78 is 26.1. The second kappa shape index (κ2) is 5.61. The molecule has 1 amide bonds. The van der Waals surface area contributed by atoms with Crippen LogP contribution in [0.3, 0.4) is 0 Å². The SMILES string of the molecule is CCN(C(=O)c1ccccc1)c1ccc(F)c(F)c1. The molecular formula is C15H13F2NO. The lowest BCUT2D eigenvalue weighted by atomic mass is 10.2. The fraction of sp³-hybridized carbons (Fsp3) is 0.133. The molecule has 0 radical (unpaired) electrons. The van der Waals surface area contributed by atoms with E-state index in [1.54, 1.807) is 31.2 Å².